The van der Waals surface area contributed by atoms with Crippen molar-refractivity contribution in [3.63, 3.8) is 0 Å². The summed E-state index contributed by atoms with van der Waals surface area (Å²) < 4.78 is 1.54. The number of nitrogens with zero attached hydrogens (tertiary/aromatic N) is 3. The number of amides is 1. The molecule has 2 heterocycles. The van der Waals surface area contributed by atoms with Gasteiger partial charge in [-0.15, -0.1) is 0 Å². The van der Waals surface area contributed by atoms with E-state index in [-0.39, 0.29) is 11.5 Å². The van der Waals surface area contributed by atoms with E-state index in [1.807, 2.05) is 6.92 Å². The topological polar surface area (TPSA) is 92.7 Å². The zero-order chi connectivity index (χ0) is 17.5. The van der Waals surface area contributed by atoms with Crippen molar-refractivity contribution in [2.45, 2.75) is 46.5 Å². The molecule has 1 atom stereocenters. The predicted molar refractivity (Wildman–Crippen MR) is 92.4 cm³/mol. The summed E-state index contributed by atoms with van der Waals surface area (Å²) in [6.07, 6.45) is 6.07. The van der Waals surface area contributed by atoms with Crippen molar-refractivity contribution in [1.29, 1.82) is 0 Å². The molecule has 2 aromatic heterocycles. The molecule has 0 aliphatic heterocycles. The van der Waals surface area contributed by atoms with Crippen molar-refractivity contribution in [2.75, 3.05) is 6.54 Å². The average molecular weight is 331 g/mol. The van der Waals surface area contributed by atoms with E-state index in [9.17, 15) is 9.59 Å². The molecule has 0 aliphatic carbocycles. The van der Waals surface area contributed by atoms with Gasteiger partial charge in [0.2, 0.25) is 0 Å². The summed E-state index contributed by atoms with van der Waals surface area (Å²) >= 11 is 0. The summed E-state index contributed by atoms with van der Waals surface area (Å²) in [6, 6.07) is 2.95. The first-order chi connectivity index (χ1) is 11.6. The number of carbonyl (C=O) groups is 1. The quantitative estimate of drug-likeness (QED) is 0.775. The molecule has 2 aromatic rings. The number of H-pyrrole nitrogens is 1. The van der Waals surface area contributed by atoms with E-state index < -0.39 is 0 Å². The molecule has 0 aromatic carbocycles. The van der Waals surface area contributed by atoms with E-state index in [1.54, 1.807) is 10.7 Å². The third-order valence-electron chi connectivity index (χ3n) is 4.23. The monoisotopic (exact) mass is 331 g/mol. The van der Waals surface area contributed by atoms with Gasteiger partial charge in [0.05, 0.1) is 17.5 Å². The van der Waals surface area contributed by atoms with Crippen molar-refractivity contribution >= 4 is 5.91 Å². The first-order valence-corrected chi connectivity index (χ1v) is 8.45. The standard InChI is InChI=1S/C17H25N5O2/c1-4-6-7-13(5-2)10-18-17(24)14-11-19-22(12(14)3)15-8-9-16(23)21-20-15/h8-9,11,13H,4-7,10H2,1-3H3,(H,18,24)(H,21,23)/t13-/m1/s1. The Labute approximate surface area is 141 Å². The summed E-state index contributed by atoms with van der Waals surface area (Å²) in [5.74, 6) is 0.851. The van der Waals surface area contributed by atoms with Gasteiger partial charge in [-0.2, -0.15) is 10.2 Å². The van der Waals surface area contributed by atoms with Crippen LogP contribution in [-0.2, 0) is 0 Å². The Kier molecular flexibility index (Phi) is 6.28. The van der Waals surface area contributed by atoms with Crippen molar-refractivity contribution in [1.82, 2.24) is 25.3 Å². The fraction of sp³-hybridized carbons (Fsp3) is 0.529. The highest BCUT2D eigenvalue weighted by Gasteiger charge is 2.16. The molecule has 2 rings (SSSR count). The van der Waals surface area contributed by atoms with Gasteiger partial charge < -0.3 is 5.32 Å². The molecule has 7 heteroatoms. The van der Waals surface area contributed by atoms with E-state index in [1.165, 1.54) is 25.1 Å². The normalized spacial score (nSPS) is 12.1. The molecule has 24 heavy (non-hydrogen) atoms. The number of unbranched alkanes of at least 4 members (excludes halogenated alkanes) is 1. The highest BCUT2D eigenvalue weighted by Crippen LogP contribution is 2.14. The Morgan fingerprint density at radius 3 is 2.79 bits per heavy atom. The molecule has 0 aliphatic rings. The Hall–Kier alpha value is -2.44. The van der Waals surface area contributed by atoms with Gasteiger partial charge in [0.15, 0.2) is 5.82 Å². The zero-order valence-corrected chi connectivity index (χ0v) is 14.5. The highest BCUT2D eigenvalue weighted by molar-refractivity contribution is 5.95. The molecular weight excluding hydrogens is 306 g/mol. The van der Waals surface area contributed by atoms with Crippen LogP contribution in [0.2, 0.25) is 0 Å². The van der Waals surface area contributed by atoms with Gasteiger partial charge in [-0.25, -0.2) is 9.78 Å². The van der Waals surface area contributed by atoms with Gasteiger partial charge >= 0.3 is 0 Å². The SMILES string of the molecule is CCCC[C@@H](CC)CNC(=O)c1cnn(-c2ccc(=O)[nH]n2)c1C. The van der Waals surface area contributed by atoms with Crippen LogP contribution in [0.5, 0.6) is 0 Å². The summed E-state index contributed by atoms with van der Waals surface area (Å²) in [5, 5.41) is 13.5. The highest BCUT2D eigenvalue weighted by atomic mass is 16.1. The zero-order valence-electron chi connectivity index (χ0n) is 14.5. The van der Waals surface area contributed by atoms with Crippen LogP contribution in [0.25, 0.3) is 5.82 Å². The van der Waals surface area contributed by atoms with Gasteiger partial charge in [-0.3, -0.25) is 9.59 Å². The smallest absolute Gasteiger partial charge is 0.264 e. The minimum atomic E-state index is -0.279. The lowest BCUT2D eigenvalue weighted by atomic mass is 9.99. The first-order valence-electron chi connectivity index (χ1n) is 8.45. The fourth-order valence-electron chi connectivity index (χ4n) is 2.59. The van der Waals surface area contributed by atoms with Crippen molar-refractivity contribution in [3.05, 3.63) is 39.9 Å². The number of aromatic nitrogens is 4. The van der Waals surface area contributed by atoms with E-state index in [0.29, 0.717) is 29.5 Å². The van der Waals surface area contributed by atoms with E-state index >= 15 is 0 Å². The van der Waals surface area contributed by atoms with E-state index in [4.69, 9.17) is 0 Å². The number of hydrogen-bond donors (Lipinski definition) is 2. The van der Waals surface area contributed by atoms with Gasteiger partial charge in [0.1, 0.15) is 0 Å². The van der Waals surface area contributed by atoms with Crippen LogP contribution in [0.4, 0.5) is 0 Å². The summed E-state index contributed by atoms with van der Waals surface area (Å²) in [4.78, 5) is 23.5. The van der Waals surface area contributed by atoms with Gasteiger partial charge in [-0.05, 0) is 25.3 Å². The number of aromatic amines is 1. The van der Waals surface area contributed by atoms with Crippen molar-refractivity contribution in [3.8, 4) is 5.82 Å². The Balaban J connectivity index is 2.05. The second-order valence-corrected chi connectivity index (χ2v) is 5.96. The molecule has 1 amide bonds. The second kappa shape index (κ2) is 8.42. The van der Waals surface area contributed by atoms with Crippen molar-refractivity contribution < 1.29 is 4.79 Å². The van der Waals surface area contributed by atoms with E-state index in [2.05, 4.69) is 34.5 Å². The molecule has 7 nitrogen and oxygen atoms in total. The van der Waals surface area contributed by atoms with Crippen LogP contribution in [0.15, 0.2) is 23.1 Å². The lowest BCUT2D eigenvalue weighted by Gasteiger charge is -2.15. The van der Waals surface area contributed by atoms with Gasteiger partial charge in [0, 0.05) is 12.6 Å². The number of hydrogen-bond acceptors (Lipinski definition) is 4. The number of rotatable bonds is 8. The predicted octanol–water partition coefficient (Wildman–Crippen LogP) is 2.21. The van der Waals surface area contributed by atoms with Crippen LogP contribution < -0.4 is 10.9 Å². The largest absolute Gasteiger partial charge is 0.352 e. The molecule has 0 radical (unpaired) electrons. The first kappa shape index (κ1) is 17.9. The van der Waals surface area contributed by atoms with Crippen molar-refractivity contribution in [2.24, 2.45) is 5.92 Å². The summed E-state index contributed by atoms with van der Waals surface area (Å²) in [6.45, 7) is 6.81. The van der Waals surface area contributed by atoms with Crippen LogP contribution >= 0.6 is 0 Å². The number of carbonyl (C=O) groups excluding carboxylic acids is 1. The third kappa shape index (κ3) is 4.31. The minimum absolute atomic E-state index is 0.127. The van der Waals surface area contributed by atoms with Gasteiger partial charge in [0.25, 0.3) is 11.5 Å². The Bertz CT molecular complexity index is 714. The van der Waals surface area contributed by atoms with Crippen LogP contribution in [0, 0.1) is 12.8 Å². The molecule has 0 saturated carbocycles. The molecule has 130 valence electrons. The molecule has 0 bridgehead atoms. The molecule has 0 saturated heterocycles. The number of nitrogens with one attached hydrogen (secondary N) is 2. The maximum absolute atomic E-state index is 12.4. The third-order valence-corrected chi connectivity index (χ3v) is 4.23. The maximum Gasteiger partial charge on any atom is 0.264 e. The molecule has 2 N–H and O–H groups in total. The van der Waals surface area contributed by atoms with Gasteiger partial charge in [-0.1, -0.05) is 33.1 Å². The summed E-state index contributed by atoms with van der Waals surface area (Å²) in [5.41, 5.74) is 0.932. The second-order valence-electron chi connectivity index (χ2n) is 5.96. The fourth-order valence-corrected chi connectivity index (χ4v) is 2.59. The minimum Gasteiger partial charge on any atom is -0.352 e. The van der Waals surface area contributed by atoms with Crippen LogP contribution in [0.3, 0.4) is 0 Å². The lowest BCUT2D eigenvalue weighted by molar-refractivity contribution is 0.0945. The maximum atomic E-state index is 12.4. The lowest BCUT2D eigenvalue weighted by Crippen LogP contribution is -2.29. The molecule has 0 fully saturated rings. The molecule has 0 spiro atoms. The summed E-state index contributed by atoms with van der Waals surface area (Å²) in [7, 11) is 0. The van der Waals surface area contributed by atoms with E-state index in [0.717, 1.165) is 12.8 Å². The van der Waals surface area contributed by atoms with Crippen LogP contribution in [-0.4, -0.2) is 32.4 Å². The molecular formula is C17H25N5O2. The van der Waals surface area contributed by atoms with Crippen LogP contribution in [0.1, 0.15) is 55.6 Å². The molecule has 0 unspecified atom stereocenters. The Morgan fingerprint density at radius 1 is 1.38 bits per heavy atom. The average Bonchev–Trinajstić information content (AvgIpc) is 2.97. The Morgan fingerprint density at radius 2 is 2.17 bits per heavy atom.